The van der Waals surface area contributed by atoms with Crippen molar-refractivity contribution in [1.82, 2.24) is 16.0 Å². The van der Waals surface area contributed by atoms with Gasteiger partial charge in [0.1, 0.15) is 5.54 Å². The van der Waals surface area contributed by atoms with Crippen molar-refractivity contribution in [2.45, 2.75) is 50.4 Å². The monoisotopic (exact) mass is 367 g/mol. The Balaban J connectivity index is 1.48. The van der Waals surface area contributed by atoms with Gasteiger partial charge >= 0.3 is 6.03 Å². The summed E-state index contributed by atoms with van der Waals surface area (Å²) >= 11 is 0. The molecule has 3 N–H and O–H groups in total. The largest absolute Gasteiger partial charge is 0.352 e. The molecule has 8 heteroatoms. The Bertz CT molecular complexity index is 834. The lowest BCUT2D eigenvalue weighted by Crippen LogP contribution is -2.40. The summed E-state index contributed by atoms with van der Waals surface area (Å²) in [6, 6.07) is 6.66. The van der Waals surface area contributed by atoms with Gasteiger partial charge in [-0.2, -0.15) is 10.2 Å². The van der Waals surface area contributed by atoms with Gasteiger partial charge < -0.3 is 10.6 Å². The number of urea groups is 1. The standard InChI is InChI=1S/C19H21N5O3/c1-3-4-10-19(23-24-19)11-9-15(25)20-12-13-5-7-14(8-6-13)18(2)16(26)21-17(27)22-18/h1,5-8H,4,9-12H2,2H3,(H,20,25)(H2,21,22,26,27). The Hall–Kier alpha value is -3.21. The molecule has 0 radical (unpaired) electrons. The number of nitrogens with zero attached hydrogens (tertiary/aromatic N) is 2. The van der Waals surface area contributed by atoms with E-state index in [4.69, 9.17) is 6.42 Å². The van der Waals surface area contributed by atoms with Crippen molar-refractivity contribution in [3.63, 3.8) is 0 Å². The predicted molar refractivity (Wildman–Crippen MR) is 97.2 cm³/mol. The van der Waals surface area contributed by atoms with Crippen molar-refractivity contribution >= 4 is 17.8 Å². The minimum atomic E-state index is -1.08. The first-order chi connectivity index (χ1) is 12.9. The second-order valence-electron chi connectivity index (χ2n) is 6.89. The Kier molecular flexibility index (Phi) is 4.95. The van der Waals surface area contributed by atoms with Crippen LogP contribution < -0.4 is 16.0 Å². The van der Waals surface area contributed by atoms with Crippen LogP contribution in [0, 0.1) is 12.3 Å². The number of nitrogens with one attached hydrogen (secondary N) is 3. The quantitative estimate of drug-likeness (QED) is 0.480. The maximum absolute atomic E-state index is 12.0. The third-order valence-corrected chi connectivity index (χ3v) is 4.87. The molecule has 0 bridgehead atoms. The lowest BCUT2D eigenvalue weighted by Gasteiger charge is -2.21. The van der Waals surface area contributed by atoms with Crippen LogP contribution in [-0.4, -0.2) is 23.5 Å². The van der Waals surface area contributed by atoms with E-state index in [0.29, 0.717) is 37.8 Å². The van der Waals surface area contributed by atoms with Gasteiger partial charge in [0.2, 0.25) is 5.91 Å². The maximum atomic E-state index is 12.0. The van der Waals surface area contributed by atoms with Gasteiger partial charge in [-0.25, -0.2) is 4.79 Å². The Morgan fingerprint density at radius 2 is 1.93 bits per heavy atom. The molecular formula is C19H21N5O3. The normalized spacial score (nSPS) is 21.9. The van der Waals surface area contributed by atoms with Crippen molar-refractivity contribution in [1.29, 1.82) is 0 Å². The first-order valence-corrected chi connectivity index (χ1v) is 8.74. The molecule has 1 unspecified atom stereocenters. The third-order valence-electron chi connectivity index (χ3n) is 4.87. The molecule has 1 aromatic carbocycles. The molecule has 0 aromatic heterocycles. The minimum Gasteiger partial charge on any atom is -0.352 e. The number of amides is 4. The van der Waals surface area contributed by atoms with Crippen LogP contribution in [0.3, 0.4) is 0 Å². The summed E-state index contributed by atoms with van der Waals surface area (Å²) in [5.41, 5.74) is 0.0345. The van der Waals surface area contributed by atoms with E-state index in [1.54, 1.807) is 19.1 Å². The third kappa shape index (κ3) is 4.14. The van der Waals surface area contributed by atoms with Crippen LogP contribution >= 0.6 is 0 Å². The van der Waals surface area contributed by atoms with Crippen LogP contribution in [0.5, 0.6) is 0 Å². The molecular weight excluding hydrogens is 346 g/mol. The molecule has 2 heterocycles. The van der Waals surface area contributed by atoms with E-state index in [1.807, 2.05) is 12.1 Å². The summed E-state index contributed by atoms with van der Waals surface area (Å²) in [7, 11) is 0. The molecule has 1 fully saturated rings. The minimum absolute atomic E-state index is 0.0779. The predicted octanol–water partition coefficient (Wildman–Crippen LogP) is 1.71. The molecule has 2 aliphatic heterocycles. The van der Waals surface area contributed by atoms with E-state index in [0.717, 1.165) is 5.56 Å². The van der Waals surface area contributed by atoms with Crippen LogP contribution in [0.4, 0.5) is 4.79 Å². The highest BCUT2D eigenvalue weighted by Gasteiger charge is 2.43. The van der Waals surface area contributed by atoms with Crippen LogP contribution in [0.2, 0.25) is 0 Å². The number of carbonyl (C=O) groups excluding carboxylic acids is 3. The maximum Gasteiger partial charge on any atom is 0.322 e. The van der Waals surface area contributed by atoms with Crippen molar-refractivity contribution in [3.8, 4) is 12.3 Å². The first kappa shape index (κ1) is 18.6. The van der Waals surface area contributed by atoms with Crippen LogP contribution in [-0.2, 0) is 21.7 Å². The van der Waals surface area contributed by atoms with Gasteiger partial charge in [0.25, 0.3) is 5.91 Å². The summed E-state index contributed by atoms with van der Waals surface area (Å²) in [6.07, 6.45) is 7.42. The van der Waals surface area contributed by atoms with Gasteiger partial charge in [0.15, 0.2) is 5.66 Å². The molecule has 4 amide bonds. The van der Waals surface area contributed by atoms with Crippen molar-refractivity contribution in [2.24, 2.45) is 10.2 Å². The fourth-order valence-corrected chi connectivity index (χ4v) is 2.97. The van der Waals surface area contributed by atoms with Gasteiger partial charge in [0, 0.05) is 32.2 Å². The average molecular weight is 367 g/mol. The number of benzene rings is 1. The van der Waals surface area contributed by atoms with E-state index in [9.17, 15) is 14.4 Å². The number of hydrogen-bond donors (Lipinski definition) is 3. The van der Waals surface area contributed by atoms with E-state index >= 15 is 0 Å². The Morgan fingerprint density at radius 3 is 2.48 bits per heavy atom. The highest BCUT2D eigenvalue weighted by Crippen LogP contribution is 2.37. The van der Waals surface area contributed by atoms with Gasteiger partial charge in [-0.1, -0.05) is 24.3 Å². The first-order valence-electron chi connectivity index (χ1n) is 8.74. The van der Waals surface area contributed by atoms with Crippen LogP contribution in [0.15, 0.2) is 34.5 Å². The second-order valence-corrected chi connectivity index (χ2v) is 6.89. The SMILES string of the molecule is C#CCCC1(CCC(=O)NCc2ccc(C3(C)NC(=O)NC3=O)cc2)N=N1. The smallest absolute Gasteiger partial charge is 0.322 e. The molecule has 2 aliphatic rings. The van der Waals surface area contributed by atoms with E-state index in [-0.39, 0.29) is 11.8 Å². The number of rotatable bonds is 8. The van der Waals surface area contributed by atoms with Crippen molar-refractivity contribution in [3.05, 3.63) is 35.4 Å². The van der Waals surface area contributed by atoms with E-state index < -0.39 is 17.2 Å². The summed E-state index contributed by atoms with van der Waals surface area (Å²) in [4.78, 5) is 35.4. The topological polar surface area (TPSA) is 112 Å². The Labute approximate surface area is 157 Å². The molecule has 8 nitrogen and oxygen atoms in total. The van der Waals surface area contributed by atoms with Gasteiger partial charge in [-0.15, -0.1) is 12.3 Å². The Morgan fingerprint density at radius 1 is 1.22 bits per heavy atom. The zero-order valence-corrected chi connectivity index (χ0v) is 15.0. The molecule has 1 atom stereocenters. The molecule has 140 valence electrons. The molecule has 1 aromatic rings. The van der Waals surface area contributed by atoms with Crippen molar-refractivity contribution < 1.29 is 14.4 Å². The number of hydrogen-bond acceptors (Lipinski definition) is 5. The van der Waals surface area contributed by atoms with Crippen LogP contribution in [0.25, 0.3) is 0 Å². The van der Waals surface area contributed by atoms with E-state index in [2.05, 4.69) is 32.1 Å². The molecule has 1 saturated heterocycles. The second kappa shape index (κ2) is 7.19. The highest BCUT2D eigenvalue weighted by molar-refractivity contribution is 6.07. The average Bonchev–Trinajstić information content (AvgIpc) is 3.37. The zero-order valence-electron chi connectivity index (χ0n) is 15.0. The number of terminal acetylenes is 1. The van der Waals surface area contributed by atoms with Gasteiger partial charge in [-0.3, -0.25) is 14.9 Å². The van der Waals surface area contributed by atoms with Crippen molar-refractivity contribution in [2.75, 3.05) is 0 Å². The summed E-state index contributed by atoms with van der Waals surface area (Å²) < 4.78 is 0. The fraction of sp³-hybridized carbons (Fsp3) is 0.421. The number of carbonyl (C=O) groups is 3. The summed E-state index contributed by atoms with van der Waals surface area (Å²) in [6.45, 7) is 2.02. The highest BCUT2D eigenvalue weighted by atomic mass is 16.2. The number of imide groups is 1. The molecule has 3 rings (SSSR count). The van der Waals surface area contributed by atoms with Gasteiger partial charge in [0.05, 0.1) is 0 Å². The molecule has 0 saturated carbocycles. The summed E-state index contributed by atoms with van der Waals surface area (Å²) in [5.74, 6) is 2.10. The zero-order chi connectivity index (χ0) is 19.5. The van der Waals surface area contributed by atoms with Gasteiger partial charge in [-0.05, 0) is 18.1 Å². The van der Waals surface area contributed by atoms with E-state index in [1.165, 1.54) is 0 Å². The van der Waals surface area contributed by atoms with Crippen LogP contribution in [0.1, 0.15) is 43.7 Å². The summed E-state index contributed by atoms with van der Waals surface area (Å²) in [5, 5.41) is 15.7. The lowest BCUT2D eigenvalue weighted by molar-refractivity contribution is -0.123. The molecule has 27 heavy (non-hydrogen) atoms. The fourth-order valence-electron chi connectivity index (χ4n) is 2.97. The molecule has 0 aliphatic carbocycles. The molecule has 0 spiro atoms. The lowest BCUT2D eigenvalue weighted by atomic mass is 9.91.